The fraction of sp³-hybridized carbons (Fsp3) is 0.231. The van der Waals surface area contributed by atoms with Crippen molar-refractivity contribution in [2.45, 2.75) is 19.6 Å². The van der Waals surface area contributed by atoms with Crippen LogP contribution in [0, 0.1) is 0 Å². The van der Waals surface area contributed by atoms with E-state index in [0.717, 1.165) is 16.7 Å². The van der Waals surface area contributed by atoms with Gasteiger partial charge in [-0.2, -0.15) is 5.10 Å². The van der Waals surface area contributed by atoms with Crippen LogP contribution in [0.5, 0.6) is 11.5 Å². The van der Waals surface area contributed by atoms with E-state index in [-0.39, 0.29) is 12.5 Å². The van der Waals surface area contributed by atoms with Crippen LogP contribution in [-0.2, 0) is 11.3 Å². The van der Waals surface area contributed by atoms with Crippen LogP contribution in [-0.4, -0.2) is 42.3 Å². The van der Waals surface area contributed by atoms with Crippen LogP contribution in [0.4, 0.5) is 0 Å². The quantitative estimate of drug-likeness (QED) is 0.456. The second-order valence-electron chi connectivity index (χ2n) is 7.78. The predicted molar refractivity (Wildman–Crippen MR) is 130 cm³/mol. The van der Waals surface area contributed by atoms with E-state index in [1.165, 1.54) is 0 Å². The summed E-state index contributed by atoms with van der Waals surface area (Å²) in [4.78, 5) is 15.3. The molecule has 1 amide bonds. The Kier molecular flexibility index (Phi) is 6.96. The molecule has 0 N–H and O–H groups in total. The lowest BCUT2D eigenvalue weighted by atomic mass is 10.1. The van der Waals surface area contributed by atoms with Gasteiger partial charge in [0.1, 0.15) is 6.17 Å². The molecule has 170 valence electrons. The summed E-state index contributed by atoms with van der Waals surface area (Å²) in [7, 11) is 3.20. The normalized spacial score (nSPS) is 16.8. The molecule has 0 spiro atoms. The molecule has 1 fully saturated rings. The first-order valence-electron chi connectivity index (χ1n) is 10.6. The zero-order valence-corrected chi connectivity index (χ0v) is 19.6. The smallest absolute Gasteiger partial charge is 0.258 e. The number of hydrazone groups is 1. The van der Waals surface area contributed by atoms with Gasteiger partial charge in [-0.3, -0.25) is 9.69 Å². The lowest BCUT2D eigenvalue weighted by Gasteiger charge is -2.29. The Labute approximate surface area is 199 Å². The highest BCUT2D eigenvalue weighted by molar-refractivity contribution is 6.30. The molecule has 0 bridgehead atoms. The molecule has 7 heteroatoms. The molecular weight excluding hydrogens is 438 g/mol. The number of nitrogens with zero attached hydrogens (tertiary/aromatic N) is 3. The van der Waals surface area contributed by atoms with Crippen LogP contribution in [0.2, 0.25) is 5.02 Å². The van der Waals surface area contributed by atoms with E-state index in [4.69, 9.17) is 26.2 Å². The summed E-state index contributed by atoms with van der Waals surface area (Å²) in [6, 6.07) is 23.2. The summed E-state index contributed by atoms with van der Waals surface area (Å²) >= 11 is 6.03. The Morgan fingerprint density at radius 2 is 1.73 bits per heavy atom. The highest BCUT2D eigenvalue weighted by Gasteiger charge is 2.41. The molecule has 0 aliphatic carbocycles. The molecule has 0 aromatic heterocycles. The van der Waals surface area contributed by atoms with E-state index in [9.17, 15) is 4.79 Å². The van der Waals surface area contributed by atoms with Gasteiger partial charge in [-0.15, -0.1) is 0 Å². The Hall–Kier alpha value is -3.35. The first-order valence-corrected chi connectivity index (χ1v) is 11.0. The number of halogens is 1. The Morgan fingerprint density at radius 3 is 2.39 bits per heavy atom. The van der Waals surface area contributed by atoms with Crippen LogP contribution in [0.3, 0.4) is 0 Å². The number of amides is 1. The van der Waals surface area contributed by atoms with Crippen LogP contribution in [0.15, 0.2) is 77.9 Å². The third kappa shape index (κ3) is 4.87. The maximum absolute atomic E-state index is 13.2. The number of hydrogen-bond donors (Lipinski definition) is 0. The fourth-order valence-corrected chi connectivity index (χ4v) is 4.17. The maximum Gasteiger partial charge on any atom is 0.258 e. The van der Waals surface area contributed by atoms with Crippen molar-refractivity contribution < 1.29 is 14.3 Å². The molecule has 33 heavy (non-hydrogen) atoms. The van der Waals surface area contributed by atoms with Gasteiger partial charge in [0.15, 0.2) is 11.5 Å². The van der Waals surface area contributed by atoms with Gasteiger partial charge in [0.2, 0.25) is 0 Å². The molecular formula is C26H26ClN3O3. The molecule has 1 saturated heterocycles. The number of hydrogen-bond acceptors (Lipinski definition) is 5. The van der Waals surface area contributed by atoms with Crippen molar-refractivity contribution in [1.82, 2.24) is 9.91 Å². The number of methoxy groups -OCH3 is 2. The van der Waals surface area contributed by atoms with E-state index >= 15 is 0 Å². The summed E-state index contributed by atoms with van der Waals surface area (Å²) in [6.07, 6.45) is -0.454. The average Bonchev–Trinajstić information content (AvgIpc) is 3.13. The number of carbonyl (C=O) groups is 1. The highest BCUT2D eigenvalue weighted by atomic mass is 35.5. The zero-order chi connectivity index (χ0) is 23.4. The van der Waals surface area contributed by atoms with E-state index < -0.39 is 6.17 Å². The number of para-hydroxylation sites is 1. The summed E-state index contributed by atoms with van der Waals surface area (Å²) in [6.45, 7) is 2.71. The molecule has 0 saturated carbocycles. The number of rotatable bonds is 7. The van der Waals surface area contributed by atoms with Crippen molar-refractivity contribution in [2.24, 2.45) is 5.10 Å². The molecule has 0 unspecified atom stereocenters. The first kappa shape index (κ1) is 22.8. The molecule has 0 radical (unpaired) electrons. The second-order valence-corrected chi connectivity index (χ2v) is 8.21. The van der Waals surface area contributed by atoms with Gasteiger partial charge in [-0.25, -0.2) is 5.01 Å². The van der Waals surface area contributed by atoms with E-state index in [0.29, 0.717) is 28.8 Å². The number of ether oxygens (including phenoxy) is 2. The lowest BCUT2D eigenvalue weighted by Crippen LogP contribution is -2.30. The van der Waals surface area contributed by atoms with Crippen molar-refractivity contribution in [3.63, 3.8) is 0 Å². The highest BCUT2D eigenvalue weighted by Crippen LogP contribution is 2.41. The van der Waals surface area contributed by atoms with Crippen molar-refractivity contribution in [3.8, 4) is 11.5 Å². The molecule has 4 rings (SSSR count). The standard InChI is InChI=1S/C26H26ClN3O3/c1-18(20-12-14-21(27)15-13-20)28-30-24(31)17-29(16-19-8-5-4-6-9-19)26(30)22-10-7-11-23(32-2)25(22)33-3/h4-15,26H,16-17H2,1-3H3/b28-18-/t26-/m1/s1. The Bertz CT molecular complexity index is 1150. The summed E-state index contributed by atoms with van der Waals surface area (Å²) < 4.78 is 11.2. The molecule has 1 aliphatic heterocycles. The van der Waals surface area contributed by atoms with Crippen LogP contribution in [0.25, 0.3) is 0 Å². The third-order valence-electron chi connectivity index (χ3n) is 5.63. The summed E-state index contributed by atoms with van der Waals surface area (Å²) in [5, 5.41) is 6.95. The second kappa shape index (κ2) is 10.1. The van der Waals surface area contributed by atoms with Gasteiger partial charge in [0.25, 0.3) is 5.91 Å². The summed E-state index contributed by atoms with van der Waals surface area (Å²) in [5.41, 5.74) is 3.53. The van der Waals surface area contributed by atoms with Crippen molar-refractivity contribution in [1.29, 1.82) is 0 Å². The predicted octanol–water partition coefficient (Wildman–Crippen LogP) is 5.12. The van der Waals surface area contributed by atoms with Crippen molar-refractivity contribution in [3.05, 3.63) is 94.5 Å². The van der Waals surface area contributed by atoms with Gasteiger partial charge < -0.3 is 9.47 Å². The van der Waals surface area contributed by atoms with Crippen LogP contribution < -0.4 is 9.47 Å². The minimum Gasteiger partial charge on any atom is -0.493 e. The van der Waals surface area contributed by atoms with E-state index in [1.54, 1.807) is 19.2 Å². The minimum atomic E-state index is -0.454. The number of carbonyl (C=O) groups excluding carboxylic acids is 1. The minimum absolute atomic E-state index is 0.0888. The van der Waals surface area contributed by atoms with Crippen LogP contribution in [0.1, 0.15) is 29.8 Å². The molecule has 3 aromatic rings. The van der Waals surface area contributed by atoms with Gasteiger partial charge >= 0.3 is 0 Å². The largest absolute Gasteiger partial charge is 0.493 e. The summed E-state index contributed by atoms with van der Waals surface area (Å²) in [5.74, 6) is 1.10. The third-order valence-corrected chi connectivity index (χ3v) is 5.88. The topological polar surface area (TPSA) is 54.4 Å². The lowest BCUT2D eigenvalue weighted by molar-refractivity contribution is -0.128. The van der Waals surface area contributed by atoms with E-state index in [1.807, 2.05) is 67.6 Å². The monoisotopic (exact) mass is 463 g/mol. The molecule has 1 heterocycles. The van der Waals surface area contributed by atoms with Gasteiger partial charge in [0, 0.05) is 17.1 Å². The van der Waals surface area contributed by atoms with Crippen LogP contribution >= 0.6 is 11.6 Å². The SMILES string of the molecule is COc1cccc([C@@H]2N(Cc3ccccc3)CC(=O)N2/N=C(/C)c2ccc(Cl)cc2)c1OC. The van der Waals surface area contributed by atoms with Gasteiger partial charge in [-0.1, -0.05) is 66.2 Å². The molecule has 1 aliphatic rings. The van der Waals surface area contributed by atoms with Gasteiger partial charge in [0.05, 0.1) is 26.5 Å². The molecule has 3 aromatic carbocycles. The first-order chi connectivity index (χ1) is 16.0. The molecule has 1 atom stereocenters. The van der Waals surface area contributed by atoms with Crippen molar-refractivity contribution in [2.75, 3.05) is 20.8 Å². The molecule has 6 nitrogen and oxygen atoms in total. The van der Waals surface area contributed by atoms with Gasteiger partial charge in [-0.05, 0) is 36.2 Å². The number of benzene rings is 3. The fourth-order valence-electron chi connectivity index (χ4n) is 4.05. The van der Waals surface area contributed by atoms with E-state index in [2.05, 4.69) is 17.0 Å². The zero-order valence-electron chi connectivity index (χ0n) is 18.9. The Morgan fingerprint density at radius 1 is 1.00 bits per heavy atom. The Balaban J connectivity index is 1.78. The maximum atomic E-state index is 13.2. The van der Waals surface area contributed by atoms with Crippen molar-refractivity contribution >= 4 is 23.2 Å². The average molecular weight is 464 g/mol.